The standard InChI is InChI=1S/C18H31NO2/c1-4-7-14-20-15-18(19-12-5-2)16-8-10-17(11-9-16)21-13-6-3/h8-11,18-19H,4-7,12-15H2,1-3H3. The van der Waals surface area contributed by atoms with Gasteiger partial charge < -0.3 is 14.8 Å². The fraction of sp³-hybridized carbons (Fsp3) is 0.667. The van der Waals surface area contributed by atoms with Crippen LogP contribution in [0.3, 0.4) is 0 Å². The molecule has 0 saturated carbocycles. The fourth-order valence-corrected chi connectivity index (χ4v) is 2.06. The normalized spacial score (nSPS) is 12.3. The van der Waals surface area contributed by atoms with Crippen LogP contribution in [0.1, 0.15) is 58.1 Å². The predicted molar refractivity (Wildman–Crippen MR) is 89.0 cm³/mol. The topological polar surface area (TPSA) is 30.5 Å². The van der Waals surface area contributed by atoms with Crippen LogP contribution in [0.4, 0.5) is 0 Å². The molecule has 0 aliphatic rings. The third-order valence-electron chi connectivity index (χ3n) is 3.32. The molecule has 0 aliphatic heterocycles. The van der Waals surface area contributed by atoms with Crippen LogP contribution in [0.2, 0.25) is 0 Å². The smallest absolute Gasteiger partial charge is 0.119 e. The van der Waals surface area contributed by atoms with Gasteiger partial charge in [-0.15, -0.1) is 0 Å². The van der Waals surface area contributed by atoms with Gasteiger partial charge in [-0.05, 0) is 43.5 Å². The predicted octanol–water partition coefficient (Wildman–Crippen LogP) is 4.33. The second kappa shape index (κ2) is 11.6. The van der Waals surface area contributed by atoms with E-state index in [-0.39, 0.29) is 6.04 Å². The van der Waals surface area contributed by atoms with Crippen LogP contribution < -0.4 is 10.1 Å². The second-order valence-electron chi connectivity index (χ2n) is 5.35. The van der Waals surface area contributed by atoms with Crippen molar-refractivity contribution in [2.75, 3.05) is 26.4 Å². The molecule has 1 N–H and O–H groups in total. The first-order chi connectivity index (χ1) is 10.3. The molecule has 0 fully saturated rings. The van der Waals surface area contributed by atoms with E-state index in [2.05, 4.69) is 50.4 Å². The highest BCUT2D eigenvalue weighted by Crippen LogP contribution is 2.18. The zero-order valence-electron chi connectivity index (χ0n) is 13.9. The van der Waals surface area contributed by atoms with Gasteiger partial charge in [-0.2, -0.15) is 0 Å². The molecule has 1 unspecified atom stereocenters. The maximum Gasteiger partial charge on any atom is 0.119 e. The summed E-state index contributed by atoms with van der Waals surface area (Å²) in [4.78, 5) is 0. The Bertz CT molecular complexity index is 351. The highest BCUT2D eigenvalue weighted by molar-refractivity contribution is 5.29. The van der Waals surface area contributed by atoms with Crippen LogP contribution >= 0.6 is 0 Å². The van der Waals surface area contributed by atoms with Crippen LogP contribution in [0, 0.1) is 0 Å². The van der Waals surface area contributed by atoms with E-state index < -0.39 is 0 Å². The van der Waals surface area contributed by atoms with Crippen molar-refractivity contribution < 1.29 is 9.47 Å². The van der Waals surface area contributed by atoms with E-state index in [9.17, 15) is 0 Å². The summed E-state index contributed by atoms with van der Waals surface area (Å²) in [5.41, 5.74) is 1.27. The molecule has 3 nitrogen and oxygen atoms in total. The molecule has 0 radical (unpaired) electrons. The molecule has 120 valence electrons. The minimum absolute atomic E-state index is 0.266. The Balaban J connectivity index is 2.54. The molecule has 0 bridgehead atoms. The van der Waals surface area contributed by atoms with Crippen LogP contribution in [-0.2, 0) is 4.74 Å². The molecular formula is C18H31NO2. The largest absolute Gasteiger partial charge is 0.494 e. The maximum atomic E-state index is 5.79. The van der Waals surface area contributed by atoms with Crippen LogP contribution in [0.5, 0.6) is 5.75 Å². The molecule has 0 spiro atoms. The number of rotatable bonds is 12. The van der Waals surface area contributed by atoms with Crippen molar-refractivity contribution in [1.82, 2.24) is 5.32 Å². The summed E-state index contributed by atoms with van der Waals surface area (Å²) in [5.74, 6) is 0.946. The lowest BCUT2D eigenvalue weighted by atomic mass is 10.1. The highest BCUT2D eigenvalue weighted by atomic mass is 16.5. The molecule has 1 aromatic carbocycles. The summed E-state index contributed by atoms with van der Waals surface area (Å²) >= 11 is 0. The number of hydrogen-bond acceptors (Lipinski definition) is 3. The highest BCUT2D eigenvalue weighted by Gasteiger charge is 2.11. The summed E-state index contributed by atoms with van der Waals surface area (Å²) in [7, 11) is 0. The van der Waals surface area contributed by atoms with Crippen LogP contribution in [0.25, 0.3) is 0 Å². The molecule has 0 aliphatic carbocycles. The summed E-state index contributed by atoms with van der Waals surface area (Å²) in [6.07, 6.45) is 4.47. The van der Waals surface area contributed by atoms with Crippen molar-refractivity contribution in [2.45, 2.75) is 52.5 Å². The first-order valence-corrected chi connectivity index (χ1v) is 8.35. The third-order valence-corrected chi connectivity index (χ3v) is 3.32. The Morgan fingerprint density at radius 3 is 2.33 bits per heavy atom. The molecule has 1 atom stereocenters. The Kier molecular flexibility index (Phi) is 9.92. The molecule has 0 saturated heterocycles. The van der Waals surface area contributed by atoms with E-state index in [1.807, 2.05) is 0 Å². The molecule has 3 heteroatoms. The minimum Gasteiger partial charge on any atom is -0.494 e. The summed E-state index contributed by atoms with van der Waals surface area (Å²) in [6, 6.07) is 8.65. The number of hydrogen-bond donors (Lipinski definition) is 1. The van der Waals surface area contributed by atoms with Crippen LogP contribution in [0.15, 0.2) is 24.3 Å². The lowest BCUT2D eigenvalue weighted by molar-refractivity contribution is 0.109. The summed E-state index contributed by atoms with van der Waals surface area (Å²) < 4.78 is 11.4. The van der Waals surface area contributed by atoms with Crippen molar-refractivity contribution in [3.63, 3.8) is 0 Å². The van der Waals surface area contributed by atoms with Crippen molar-refractivity contribution in [1.29, 1.82) is 0 Å². The van der Waals surface area contributed by atoms with Gasteiger partial charge in [0, 0.05) is 6.61 Å². The lowest BCUT2D eigenvalue weighted by Crippen LogP contribution is -2.26. The Morgan fingerprint density at radius 1 is 0.952 bits per heavy atom. The maximum absolute atomic E-state index is 5.79. The SMILES string of the molecule is CCCCOCC(NCCC)c1ccc(OCCC)cc1. The van der Waals surface area contributed by atoms with Gasteiger partial charge in [-0.1, -0.05) is 39.3 Å². The Labute approximate surface area is 130 Å². The minimum atomic E-state index is 0.266. The van der Waals surface area contributed by atoms with Gasteiger partial charge in [0.1, 0.15) is 5.75 Å². The van der Waals surface area contributed by atoms with Gasteiger partial charge in [-0.25, -0.2) is 0 Å². The van der Waals surface area contributed by atoms with Crippen molar-refractivity contribution in [2.24, 2.45) is 0 Å². The summed E-state index contributed by atoms with van der Waals surface area (Å²) in [6.45, 7) is 9.85. The van der Waals surface area contributed by atoms with Crippen molar-refractivity contribution >= 4 is 0 Å². The fourth-order valence-electron chi connectivity index (χ4n) is 2.06. The molecule has 0 amide bonds. The molecule has 1 rings (SSSR count). The second-order valence-corrected chi connectivity index (χ2v) is 5.35. The van der Waals surface area contributed by atoms with Crippen molar-refractivity contribution in [3.05, 3.63) is 29.8 Å². The van der Waals surface area contributed by atoms with Gasteiger partial charge in [0.05, 0.1) is 19.3 Å². The first kappa shape index (κ1) is 18.0. The average molecular weight is 293 g/mol. The number of benzene rings is 1. The third kappa shape index (κ3) is 7.49. The average Bonchev–Trinajstić information content (AvgIpc) is 2.53. The lowest BCUT2D eigenvalue weighted by Gasteiger charge is -2.19. The first-order valence-electron chi connectivity index (χ1n) is 8.35. The van der Waals surface area contributed by atoms with Crippen molar-refractivity contribution in [3.8, 4) is 5.75 Å². The van der Waals surface area contributed by atoms with E-state index in [0.717, 1.165) is 51.4 Å². The molecule has 0 heterocycles. The number of ether oxygens (including phenoxy) is 2. The Morgan fingerprint density at radius 2 is 1.71 bits per heavy atom. The number of unbranched alkanes of at least 4 members (excludes halogenated alkanes) is 1. The molecular weight excluding hydrogens is 262 g/mol. The monoisotopic (exact) mass is 293 g/mol. The molecule has 21 heavy (non-hydrogen) atoms. The quantitative estimate of drug-likeness (QED) is 0.582. The van der Waals surface area contributed by atoms with E-state index in [1.165, 1.54) is 12.0 Å². The van der Waals surface area contributed by atoms with Gasteiger partial charge in [0.2, 0.25) is 0 Å². The molecule has 0 aromatic heterocycles. The van der Waals surface area contributed by atoms with E-state index in [1.54, 1.807) is 0 Å². The van der Waals surface area contributed by atoms with Gasteiger partial charge in [-0.3, -0.25) is 0 Å². The zero-order chi connectivity index (χ0) is 15.3. The molecule has 1 aromatic rings. The van der Waals surface area contributed by atoms with E-state index >= 15 is 0 Å². The Hall–Kier alpha value is -1.06. The van der Waals surface area contributed by atoms with E-state index in [0.29, 0.717) is 0 Å². The van der Waals surface area contributed by atoms with E-state index in [4.69, 9.17) is 9.47 Å². The van der Waals surface area contributed by atoms with Crippen LogP contribution in [-0.4, -0.2) is 26.4 Å². The van der Waals surface area contributed by atoms with Gasteiger partial charge in [0.15, 0.2) is 0 Å². The zero-order valence-corrected chi connectivity index (χ0v) is 13.9. The van der Waals surface area contributed by atoms with Gasteiger partial charge in [0.25, 0.3) is 0 Å². The van der Waals surface area contributed by atoms with Gasteiger partial charge >= 0.3 is 0 Å². The number of nitrogens with one attached hydrogen (secondary N) is 1. The summed E-state index contributed by atoms with van der Waals surface area (Å²) in [5, 5.41) is 3.56.